The molecular weight excluding hydrogens is 861 g/mol. The minimum absolute atomic E-state index is 0.00396. The minimum Gasteiger partial charge on any atom is -0.507 e. The summed E-state index contributed by atoms with van der Waals surface area (Å²) in [4.78, 5) is 83.0. The highest BCUT2D eigenvalue weighted by molar-refractivity contribution is 6.33. The maximum atomic E-state index is 14.0. The standard InChI is InChI=1S/C42H62N14O10/c1-41(2,3)65-39(63)49-17-9-7-11-25(23-51-55-43)53-37(61)47-21-19-45-27-13-14-28(32-31(27)35(59)33-29(57)15-16-30(58)34(33)36(32)60)46-20-22-48-38(62)54-26(24-52-56-44)12-8-10-18-50-40(64)66-42(4,5)6/h13-16,25-26,45-46,57-58H,7-12,17-24H2,1-6H3,(H,49,63)(H,50,64)(H2,47,53,61)(H2,48,54,62)/t25-,26-/m0/s1. The Balaban J connectivity index is 1.60. The molecule has 2 atom stereocenters. The molecule has 1 aliphatic carbocycles. The van der Waals surface area contributed by atoms with Crippen LogP contribution in [0.4, 0.5) is 30.6 Å². The van der Waals surface area contributed by atoms with E-state index in [-0.39, 0.29) is 72.9 Å². The van der Waals surface area contributed by atoms with Crippen molar-refractivity contribution in [2.24, 2.45) is 10.2 Å². The first kappa shape index (κ1) is 53.0. The molecule has 2 aromatic carbocycles. The fourth-order valence-corrected chi connectivity index (χ4v) is 6.61. The summed E-state index contributed by atoms with van der Waals surface area (Å²) < 4.78 is 10.4. The first-order chi connectivity index (χ1) is 31.2. The lowest BCUT2D eigenvalue weighted by molar-refractivity contribution is 0.0515. The average molecular weight is 923 g/mol. The van der Waals surface area contributed by atoms with Crippen LogP contribution in [0.1, 0.15) is 112 Å². The number of ketones is 2. The number of ether oxygens (including phenoxy) is 2. The lowest BCUT2D eigenvalue weighted by atomic mass is 9.81. The van der Waals surface area contributed by atoms with Crippen LogP contribution in [0.2, 0.25) is 0 Å². The van der Waals surface area contributed by atoms with Gasteiger partial charge in [0.25, 0.3) is 0 Å². The van der Waals surface area contributed by atoms with Crippen LogP contribution in [-0.4, -0.2) is 122 Å². The first-order valence-electron chi connectivity index (χ1n) is 21.6. The number of unbranched alkanes of at least 4 members (excludes halogenated alkanes) is 2. The lowest BCUT2D eigenvalue weighted by Crippen LogP contribution is -2.44. The number of nitrogens with one attached hydrogen (secondary N) is 8. The molecule has 24 nitrogen and oxygen atoms in total. The Morgan fingerprint density at radius 3 is 1.30 bits per heavy atom. The molecule has 0 unspecified atom stereocenters. The van der Waals surface area contributed by atoms with Crippen molar-refractivity contribution in [2.75, 3.05) is 63.0 Å². The van der Waals surface area contributed by atoms with Crippen LogP contribution in [-0.2, 0) is 9.47 Å². The quantitative estimate of drug-likeness (QED) is 0.0162. The van der Waals surface area contributed by atoms with Gasteiger partial charge in [0.2, 0.25) is 11.6 Å². The summed E-state index contributed by atoms with van der Waals surface area (Å²) in [5.41, 5.74) is 15.9. The number of benzene rings is 2. The third-order valence-electron chi connectivity index (χ3n) is 9.42. The number of hydrogen-bond acceptors (Lipinski definition) is 14. The maximum absolute atomic E-state index is 14.0. The van der Waals surface area contributed by atoms with Crippen LogP contribution in [0, 0.1) is 0 Å². The zero-order valence-electron chi connectivity index (χ0n) is 38.2. The lowest BCUT2D eigenvalue weighted by Gasteiger charge is -2.25. The fraction of sp³-hybridized carbons (Fsp3) is 0.571. The topological polar surface area (TPSA) is 355 Å². The Labute approximate surface area is 382 Å². The van der Waals surface area contributed by atoms with Crippen molar-refractivity contribution in [1.82, 2.24) is 31.9 Å². The normalized spacial score (nSPS) is 12.6. The second kappa shape index (κ2) is 25.8. The average Bonchev–Trinajstić information content (AvgIpc) is 3.23. The Kier molecular flexibility index (Phi) is 20.8. The van der Waals surface area contributed by atoms with E-state index in [0.717, 1.165) is 12.1 Å². The molecule has 0 aromatic heterocycles. The van der Waals surface area contributed by atoms with Gasteiger partial charge < -0.3 is 62.2 Å². The number of phenols is 2. The number of azide groups is 2. The minimum atomic E-state index is -0.740. The predicted octanol–water partition coefficient (Wildman–Crippen LogP) is 6.04. The van der Waals surface area contributed by atoms with Crippen LogP contribution in [0.5, 0.6) is 11.5 Å². The molecule has 1 aliphatic rings. The van der Waals surface area contributed by atoms with Gasteiger partial charge in [-0.25, -0.2) is 19.2 Å². The zero-order valence-corrected chi connectivity index (χ0v) is 38.2. The fourth-order valence-electron chi connectivity index (χ4n) is 6.61. The second-order valence-electron chi connectivity index (χ2n) is 17.1. The molecule has 0 saturated carbocycles. The highest BCUT2D eigenvalue weighted by atomic mass is 16.6. The van der Waals surface area contributed by atoms with E-state index in [1.807, 2.05) is 0 Å². The Bertz CT molecular complexity index is 2000. The Morgan fingerprint density at radius 1 is 0.576 bits per heavy atom. The van der Waals surface area contributed by atoms with Gasteiger partial charge in [0.1, 0.15) is 22.7 Å². The summed E-state index contributed by atoms with van der Waals surface area (Å²) in [6.45, 7) is 11.5. The number of nitrogens with zero attached hydrogens (tertiary/aromatic N) is 6. The largest absolute Gasteiger partial charge is 0.507 e. The molecule has 0 saturated heterocycles. The van der Waals surface area contributed by atoms with Crippen molar-refractivity contribution < 1.29 is 48.5 Å². The van der Waals surface area contributed by atoms with Crippen molar-refractivity contribution in [3.63, 3.8) is 0 Å². The van der Waals surface area contributed by atoms with Crippen molar-refractivity contribution >= 4 is 47.2 Å². The number of fused-ring (bicyclic) bond motifs is 2. The smallest absolute Gasteiger partial charge is 0.407 e. The summed E-state index contributed by atoms with van der Waals surface area (Å²) in [6.07, 6.45) is 2.18. The molecule has 360 valence electrons. The van der Waals surface area contributed by atoms with Crippen molar-refractivity contribution in [3.8, 4) is 11.5 Å². The molecule has 2 aromatic rings. The van der Waals surface area contributed by atoms with E-state index in [2.05, 4.69) is 62.6 Å². The van der Waals surface area contributed by atoms with E-state index >= 15 is 0 Å². The summed E-state index contributed by atoms with van der Waals surface area (Å²) in [6, 6.07) is 3.18. The van der Waals surface area contributed by atoms with Crippen LogP contribution >= 0.6 is 0 Å². The zero-order chi connectivity index (χ0) is 48.9. The summed E-state index contributed by atoms with van der Waals surface area (Å²) >= 11 is 0. The van der Waals surface area contributed by atoms with Crippen LogP contribution in [0.3, 0.4) is 0 Å². The summed E-state index contributed by atoms with van der Waals surface area (Å²) in [5, 5.41) is 50.8. The summed E-state index contributed by atoms with van der Waals surface area (Å²) in [7, 11) is 0. The molecule has 0 spiro atoms. The molecule has 0 radical (unpaired) electrons. The number of urea groups is 2. The van der Waals surface area contributed by atoms with Gasteiger partial charge in [-0.1, -0.05) is 10.2 Å². The molecule has 10 N–H and O–H groups in total. The number of aromatic hydroxyl groups is 2. The third-order valence-corrected chi connectivity index (χ3v) is 9.42. The van der Waals surface area contributed by atoms with Gasteiger partial charge in [0.05, 0.1) is 22.3 Å². The van der Waals surface area contributed by atoms with E-state index in [4.69, 9.17) is 20.5 Å². The van der Waals surface area contributed by atoms with E-state index in [1.54, 1.807) is 41.5 Å². The van der Waals surface area contributed by atoms with Crippen molar-refractivity contribution in [1.29, 1.82) is 0 Å². The number of carbonyl (C=O) groups is 6. The number of anilines is 2. The highest BCUT2D eigenvalue weighted by Crippen LogP contribution is 2.42. The van der Waals surface area contributed by atoms with Gasteiger partial charge in [-0.3, -0.25) is 9.59 Å². The summed E-state index contributed by atoms with van der Waals surface area (Å²) in [5.74, 6) is -2.49. The van der Waals surface area contributed by atoms with Crippen LogP contribution in [0.25, 0.3) is 20.9 Å². The number of amides is 6. The molecule has 24 heteroatoms. The Hall–Kier alpha value is -7.32. The van der Waals surface area contributed by atoms with Crippen molar-refractivity contribution in [2.45, 2.75) is 103 Å². The second-order valence-corrected chi connectivity index (χ2v) is 17.1. The van der Waals surface area contributed by atoms with Gasteiger partial charge in [-0.2, -0.15) is 0 Å². The number of carbonyl (C=O) groups excluding carboxylic acids is 6. The molecule has 0 bridgehead atoms. The van der Waals surface area contributed by atoms with Gasteiger partial charge in [-0.05, 0) is 115 Å². The SMILES string of the molecule is CC(C)(C)OC(=O)NCCCC[C@@H](CN=[N+]=[N-])NC(=O)NCCNc1ccc(NCCNC(=O)N[C@@H](CCCCNC(=O)OC(C)(C)C)CN=[N+]=[N-])c2c1C(=O)c1c(O)ccc(O)c1C2=O. The third kappa shape index (κ3) is 18.0. The molecule has 66 heavy (non-hydrogen) atoms. The number of alkyl carbamates (subject to hydrolysis) is 2. The Morgan fingerprint density at radius 2 is 0.955 bits per heavy atom. The van der Waals surface area contributed by atoms with Gasteiger partial charge >= 0.3 is 24.2 Å². The maximum Gasteiger partial charge on any atom is 0.407 e. The van der Waals surface area contributed by atoms with E-state index < -0.39 is 70.6 Å². The molecule has 6 amide bonds. The molecule has 0 heterocycles. The molecule has 3 rings (SSSR count). The highest BCUT2D eigenvalue weighted by Gasteiger charge is 2.38. The monoisotopic (exact) mass is 922 g/mol. The molecule has 0 aliphatic heterocycles. The van der Waals surface area contributed by atoms with Crippen LogP contribution in [0.15, 0.2) is 34.5 Å². The number of rotatable bonds is 24. The van der Waals surface area contributed by atoms with E-state index in [0.29, 0.717) is 51.6 Å². The molecular formula is C42H62N14O10. The predicted molar refractivity (Wildman–Crippen MR) is 245 cm³/mol. The van der Waals surface area contributed by atoms with E-state index in [9.17, 15) is 39.0 Å². The first-order valence-corrected chi connectivity index (χ1v) is 21.6. The van der Waals surface area contributed by atoms with Gasteiger partial charge in [0.15, 0.2) is 0 Å². The number of hydrogen-bond donors (Lipinski definition) is 10. The van der Waals surface area contributed by atoms with Gasteiger partial charge in [0, 0.05) is 85.6 Å². The van der Waals surface area contributed by atoms with Gasteiger partial charge in [-0.15, -0.1) is 0 Å². The van der Waals surface area contributed by atoms with E-state index in [1.165, 1.54) is 12.1 Å². The molecule has 0 fully saturated rings. The number of phenolic OH excluding ortho intramolecular Hbond substituents is 2. The van der Waals surface area contributed by atoms with Crippen molar-refractivity contribution in [3.05, 3.63) is 67.4 Å². The van der Waals surface area contributed by atoms with Crippen LogP contribution < -0.4 is 42.5 Å².